The molecule has 1 atom stereocenters. The number of thiophene rings is 1. The van der Waals surface area contributed by atoms with Gasteiger partial charge in [-0.15, -0.1) is 11.3 Å². The van der Waals surface area contributed by atoms with Crippen LogP contribution in [0.3, 0.4) is 0 Å². The Balaban J connectivity index is 2.17. The van der Waals surface area contributed by atoms with Gasteiger partial charge in [-0.25, -0.2) is 0 Å². The van der Waals surface area contributed by atoms with Gasteiger partial charge in [0.15, 0.2) is 0 Å². The largest absolute Gasteiger partial charge is 0.496 e. The van der Waals surface area contributed by atoms with Gasteiger partial charge >= 0.3 is 0 Å². The standard InChI is InChI=1S/C13H13BrOS/c1-15-13-7-3-2-6-11(13)12(14)9-10-5-4-8-16-10/h2-8,12H,9H2,1H3. The summed E-state index contributed by atoms with van der Waals surface area (Å²) in [6.45, 7) is 0. The molecular formula is C13H13BrOS. The fraction of sp³-hybridized carbons (Fsp3) is 0.231. The minimum atomic E-state index is 0.308. The van der Waals surface area contributed by atoms with Gasteiger partial charge in [0.1, 0.15) is 5.75 Å². The average Bonchev–Trinajstić information content (AvgIpc) is 2.81. The highest BCUT2D eigenvalue weighted by Crippen LogP contribution is 2.34. The Morgan fingerprint density at radius 1 is 1.25 bits per heavy atom. The Morgan fingerprint density at radius 2 is 2.06 bits per heavy atom. The maximum Gasteiger partial charge on any atom is 0.123 e. The zero-order chi connectivity index (χ0) is 11.4. The second kappa shape index (κ2) is 5.51. The van der Waals surface area contributed by atoms with Gasteiger partial charge in [0, 0.05) is 15.3 Å². The van der Waals surface area contributed by atoms with Crippen molar-refractivity contribution in [2.24, 2.45) is 0 Å². The van der Waals surface area contributed by atoms with E-state index in [0.29, 0.717) is 4.83 Å². The molecule has 0 bridgehead atoms. The molecule has 0 spiro atoms. The molecule has 0 radical (unpaired) electrons. The first-order valence-electron chi connectivity index (χ1n) is 5.10. The zero-order valence-corrected chi connectivity index (χ0v) is 11.4. The molecule has 0 saturated carbocycles. The van der Waals surface area contributed by atoms with Crippen molar-refractivity contribution in [2.45, 2.75) is 11.2 Å². The van der Waals surface area contributed by atoms with Gasteiger partial charge in [0.25, 0.3) is 0 Å². The van der Waals surface area contributed by atoms with Crippen LogP contribution in [0, 0.1) is 0 Å². The summed E-state index contributed by atoms with van der Waals surface area (Å²) < 4.78 is 5.36. The van der Waals surface area contributed by atoms with Crippen LogP contribution in [-0.4, -0.2) is 7.11 Å². The lowest BCUT2D eigenvalue weighted by molar-refractivity contribution is 0.409. The zero-order valence-electron chi connectivity index (χ0n) is 9.02. The van der Waals surface area contributed by atoms with Crippen molar-refractivity contribution in [1.82, 2.24) is 0 Å². The van der Waals surface area contributed by atoms with E-state index in [-0.39, 0.29) is 0 Å². The van der Waals surface area contributed by atoms with E-state index in [1.54, 1.807) is 18.4 Å². The van der Waals surface area contributed by atoms with E-state index in [4.69, 9.17) is 4.74 Å². The number of alkyl halides is 1. The van der Waals surface area contributed by atoms with E-state index < -0.39 is 0 Å². The molecule has 0 saturated heterocycles. The molecule has 1 nitrogen and oxygen atoms in total. The van der Waals surface area contributed by atoms with E-state index in [1.807, 2.05) is 18.2 Å². The Labute approximate surface area is 108 Å². The first kappa shape index (κ1) is 11.7. The monoisotopic (exact) mass is 296 g/mol. The summed E-state index contributed by atoms with van der Waals surface area (Å²) in [5.74, 6) is 0.945. The van der Waals surface area contributed by atoms with Crippen LogP contribution < -0.4 is 4.74 Å². The van der Waals surface area contributed by atoms with E-state index in [1.165, 1.54) is 10.4 Å². The van der Waals surface area contributed by atoms with Gasteiger partial charge in [-0.3, -0.25) is 0 Å². The van der Waals surface area contributed by atoms with Gasteiger partial charge in [-0.1, -0.05) is 40.2 Å². The third-order valence-electron chi connectivity index (χ3n) is 2.44. The molecule has 84 valence electrons. The quantitative estimate of drug-likeness (QED) is 0.758. The van der Waals surface area contributed by atoms with E-state index in [0.717, 1.165) is 12.2 Å². The van der Waals surface area contributed by atoms with E-state index >= 15 is 0 Å². The molecule has 1 unspecified atom stereocenters. The van der Waals surface area contributed by atoms with Crippen LogP contribution in [-0.2, 0) is 6.42 Å². The van der Waals surface area contributed by atoms with Crippen molar-refractivity contribution in [3.63, 3.8) is 0 Å². The molecule has 3 heteroatoms. The smallest absolute Gasteiger partial charge is 0.123 e. The highest BCUT2D eigenvalue weighted by Gasteiger charge is 2.13. The lowest BCUT2D eigenvalue weighted by atomic mass is 10.1. The third kappa shape index (κ3) is 2.66. The highest BCUT2D eigenvalue weighted by molar-refractivity contribution is 9.09. The fourth-order valence-corrected chi connectivity index (χ4v) is 3.33. The topological polar surface area (TPSA) is 9.23 Å². The first-order chi connectivity index (χ1) is 7.81. The minimum absolute atomic E-state index is 0.308. The van der Waals surface area contributed by atoms with Crippen LogP contribution in [0.1, 0.15) is 15.3 Å². The number of hydrogen-bond donors (Lipinski definition) is 0. The van der Waals surface area contributed by atoms with Crippen LogP contribution in [0.15, 0.2) is 41.8 Å². The third-order valence-corrected chi connectivity index (χ3v) is 4.15. The van der Waals surface area contributed by atoms with Gasteiger partial charge in [-0.2, -0.15) is 0 Å². The van der Waals surface area contributed by atoms with E-state index in [9.17, 15) is 0 Å². The summed E-state index contributed by atoms with van der Waals surface area (Å²) in [4.78, 5) is 1.69. The molecule has 0 fully saturated rings. The number of rotatable bonds is 4. The van der Waals surface area contributed by atoms with Crippen LogP contribution in [0.5, 0.6) is 5.75 Å². The van der Waals surface area contributed by atoms with Crippen molar-refractivity contribution in [3.8, 4) is 5.75 Å². The molecule has 0 aliphatic carbocycles. The van der Waals surface area contributed by atoms with Gasteiger partial charge in [-0.05, 0) is 23.9 Å². The second-order valence-electron chi connectivity index (χ2n) is 3.49. The molecule has 16 heavy (non-hydrogen) atoms. The summed E-state index contributed by atoms with van der Waals surface area (Å²) in [5.41, 5.74) is 1.21. The number of benzene rings is 1. The summed E-state index contributed by atoms with van der Waals surface area (Å²) in [6, 6.07) is 12.4. The van der Waals surface area contributed by atoms with Crippen molar-refractivity contribution in [1.29, 1.82) is 0 Å². The lowest BCUT2D eigenvalue weighted by Gasteiger charge is -2.13. The Morgan fingerprint density at radius 3 is 2.75 bits per heavy atom. The summed E-state index contributed by atoms with van der Waals surface area (Å²) in [7, 11) is 1.71. The molecule has 1 heterocycles. The Bertz CT molecular complexity index is 439. The molecule has 0 N–H and O–H groups in total. The summed E-state index contributed by atoms with van der Waals surface area (Å²) in [6.07, 6.45) is 0.998. The second-order valence-corrected chi connectivity index (χ2v) is 5.63. The van der Waals surface area contributed by atoms with E-state index in [2.05, 4.69) is 39.5 Å². The molecular weight excluding hydrogens is 284 g/mol. The molecule has 0 amide bonds. The van der Waals surface area contributed by atoms with Gasteiger partial charge in [0.2, 0.25) is 0 Å². The van der Waals surface area contributed by atoms with Crippen LogP contribution in [0.2, 0.25) is 0 Å². The maximum atomic E-state index is 5.36. The normalized spacial score (nSPS) is 12.4. The predicted molar refractivity (Wildman–Crippen MR) is 72.7 cm³/mol. The van der Waals surface area contributed by atoms with Gasteiger partial charge < -0.3 is 4.74 Å². The molecule has 0 aliphatic heterocycles. The van der Waals surface area contributed by atoms with Crippen molar-refractivity contribution in [2.75, 3.05) is 7.11 Å². The van der Waals surface area contributed by atoms with Crippen molar-refractivity contribution < 1.29 is 4.74 Å². The van der Waals surface area contributed by atoms with Crippen molar-refractivity contribution >= 4 is 27.3 Å². The molecule has 2 rings (SSSR count). The molecule has 1 aromatic heterocycles. The predicted octanol–water partition coefficient (Wildman–Crippen LogP) is 4.44. The Kier molecular flexibility index (Phi) is 4.02. The van der Waals surface area contributed by atoms with Gasteiger partial charge in [0.05, 0.1) is 7.11 Å². The number of para-hydroxylation sites is 1. The highest BCUT2D eigenvalue weighted by atomic mass is 79.9. The van der Waals surface area contributed by atoms with Crippen LogP contribution in [0.4, 0.5) is 0 Å². The van der Waals surface area contributed by atoms with Crippen LogP contribution in [0.25, 0.3) is 0 Å². The number of hydrogen-bond acceptors (Lipinski definition) is 2. The van der Waals surface area contributed by atoms with Crippen LogP contribution >= 0.6 is 27.3 Å². The SMILES string of the molecule is COc1ccccc1C(Br)Cc1cccs1. The fourth-order valence-electron chi connectivity index (χ4n) is 1.64. The lowest BCUT2D eigenvalue weighted by Crippen LogP contribution is -1.97. The summed E-state index contributed by atoms with van der Waals surface area (Å²) >= 11 is 5.51. The minimum Gasteiger partial charge on any atom is -0.496 e. The van der Waals surface area contributed by atoms with Crippen molar-refractivity contribution in [3.05, 3.63) is 52.2 Å². The summed E-state index contributed by atoms with van der Waals surface area (Å²) in [5, 5.41) is 2.11. The molecule has 0 aliphatic rings. The maximum absolute atomic E-state index is 5.36. The first-order valence-corrected chi connectivity index (χ1v) is 6.90. The Hall–Kier alpha value is -0.800. The number of ether oxygens (including phenoxy) is 1. The average molecular weight is 297 g/mol. The molecule has 1 aromatic carbocycles. The number of methoxy groups -OCH3 is 1. The number of halogens is 1. The molecule has 2 aromatic rings.